The Morgan fingerprint density at radius 3 is 2.46 bits per heavy atom. The number of morpholine rings is 1. The molecule has 5 rings (SSSR count). The summed E-state index contributed by atoms with van der Waals surface area (Å²) in [6.45, 7) is 10.9. The van der Waals surface area contributed by atoms with Crippen LogP contribution in [0.3, 0.4) is 0 Å². The van der Waals surface area contributed by atoms with Gasteiger partial charge in [-0.15, -0.1) is 0 Å². The van der Waals surface area contributed by atoms with E-state index in [-0.39, 0.29) is 0 Å². The van der Waals surface area contributed by atoms with Gasteiger partial charge in [-0.25, -0.2) is 0 Å². The van der Waals surface area contributed by atoms with E-state index >= 15 is 0 Å². The van der Waals surface area contributed by atoms with Crippen LogP contribution in [0.5, 0.6) is 11.5 Å². The molecule has 212 valence electrons. The number of nitrogens with zero attached hydrogens (tertiary/aromatic N) is 1. The number of hydrogen-bond acceptors (Lipinski definition) is 5. The monoisotopic (exact) mass is 533 g/mol. The molecule has 0 spiro atoms. The predicted molar refractivity (Wildman–Crippen MR) is 160 cm³/mol. The van der Waals surface area contributed by atoms with E-state index in [1.54, 1.807) is 14.2 Å². The largest absolute Gasteiger partial charge is 0.493 e. The quantitative estimate of drug-likeness (QED) is 0.280. The summed E-state index contributed by atoms with van der Waals surface area (Å²) in [7, 11) is 3.37. The highest BCUT2D eigenvalue weighted by atomic mass is 16.5. The lowest BCUT2D eigenvalue weighted by atomic mass is 9.82. The maximum Gasteiger partial charge on any atom is 0.161 e. The van der Waals surface area contributed by atoms with Crippen LogP contribution in [0.1, 0.15) is 63.0 Å². The van der Waals surface area contributed by atoms with E-state index in [9.17, 15) is 0 Å². The van der Waals surface area contributed by atoms with Gasteiger partial charge in [0.05, 0.1) is 33.1 Å². The smallest absolute Gasteiger partial charge is 0.161 e. The molecule has 3 aromatic rings. The molecule has 1 saturated carbocycles. The molecule has 0 amide bonds. The van der Waals surface area contributed by atoms with E-state index in [1.807, 2.05) is 6.07 Å². The fraction of sp³-hybridized carbons (Fsp3) is 0.576. The Hall–Kier alpha value is -2.54. The SMILES string of the molecule is COc1ccc(-c2[nH]c3ccc(CC4CCC(NCCCN5CCOCC5)CC4)cc3c2C(C)C)cc1OC. The topological polar surface area (TPSA) is 58.8 Å². The number of ether oxygens (including phenoxy) is 3. The summed E-state index contributed by atoms with van der Waals surface area (Å²) in [5.41, 5.74) is 6.36. The van der Waals surface area contributed by atoms with Gasteiger partial charge in [-0.2, -0.15) is 0 Å². The molecule has 2 aromatic carbocycles. The van der Waals surface area contributed by atoms with E-state index < -0.39 is 0 Å². The van der Waals surface area contributed by atoms with Crippen molar-refractivity contribution in [2.24, 2.45) is 5.92 Å². The van der Waals surface area contributed by atoms with Gasteiger partial charge in [0, 0.05) is 35.6 Å². The molecule has 2 heterocycles. The number of aromatic nitrogens is 1. The highest BCUT2D eigenvalue weighted by Gasteiger charge is 2.22. The Morgan fingerprint density at radius 2 is 1.74 bits per heavy atom. The first-order chi connectivity index (χ1) is 19.1. The molecule has 1 aliphatic heterocycles. The van der Waals surface area contributed by atoms with E-state index in [0.717, 1.165) is 55.8 Å². The molecule has 2 N–H and O–H groups in total. The Morgan fingerprint density at radius 1 is 0.974 bits per heavy atom. The zero-order valence-corrected chi connectivity index (χ0v) is 24.4. The van der Waals surface area contributed by atoms with Crippen molar-refractivity contribution >= 4 is 10.9 Å². The molecule has 2 fully saturated rings. The standard InChI is InChI=1S/C33H47N3O3/c1-23(2)32-28-21-25(8-12-29(28)35-33(32)26-9-13-30(37-3)31(22-26)38-4)20-24-6-10-27(11-7-24)34-14-5-15-36-16-18-39-19-17-36/h8-9,12-13,21-24,27,34-35H,5-7,10-11,14-20H2,1-4H3. The average molecular weight is 534 g/mol. The first kappa shape index (κ1) is 28.0. The van der Waals surface area contributed by atoms with Crippen molar-refractivity contribution in [1.82, 2.24) is 15.2 Å². The number of rotatable bonds is 11. The van der Waals surface area contributed by atoms with Crippen molar-refractivity contribution in [1.29, 1.82) is 0 Å². The normalized spacial score (nSPS) is 20.5. The third-order valence-electron chi connectivity index (χ3n) is 8.71. The van der Waals surface area contributed by atoms with Gasteiger partial charge in [-0.05, 0) is 105 Å². The second kappa shape index (κ2) is 13.2. The van der Waals surface area contributed by atoms with Gasteiger partial charge in [0.25, 0.3) is 0 Å². The lowest BCUT2D eigenvalue weighted by molar-refractivity contribution is 0.0373. The molecule has 6 heteroatoms. The number of H-pyrrole nitrogens is 1. The van der Waals surface area contributed by atoms with Crippen LogP contribution in [0.15, 0.2) is 36.4 Å². The summed E-state index contributed by atoms with van der Waals surface area (Å²) in [5.74, 6) is 2.69. The molecule has 1 aromatic heterocycles. The maximum absolute atomic E-state index is 5.59. The van der Waals surface area contributed by atoms with Crippen molar-refractivity contribution in [3.05, 3.63) is 47.5 Å². The van der Waals surface area contributed by atoms with Crippen LogP contribution in [0.2, 0.25) is 0 Å². The van der Waals surface area contributed by atoms with Crippen molar-refractivity contribution in [2.45, 2.75) is 64.3 Å². The molecular formula is C33H47N3O3. The van der Waals surface area contributed by atoms with Gasteiger partial charge in [0.1, 0.15) is 0 Å². The van der Waals surface area contributed by atoms with Crippen LogP contribution in [0.25, 0.3) is 22.2 Å². The summed E-state index contributed by atoms with van der Waals surface area (Å²) in [6, 6.07) is 13.9. The third kappa shape index (κ3) is 6.79. The minimum atomic E-state index is 0.404. The molecule has 0 atom stereocenters. The molecule has 1 aliphatic carbocycles. The zero-order chi connectivity index (χ0) is 27.2. The zero-order valence-electron chi connectivity index (χ0n) is 24.4. The van der Waals surface area contributed by atoms with Gasteiger partial charge in [-0.3, -0.25) is 4.90 Å². The Kier molecular flexibility index (Phi) is 9.49. The molecule has 2 aliphatic rings. The summed E-state index contributed by atoms with van der Waals surface area (Å²) in [6.07, 6.45) is 7.65. The van der Waals surface area contributed by atoms with Crippen molar-refractivity contribution in [2.75, 3.05) is 53.6 Å². The molecular weight excluding hydrogens is 486 g/mol. The molecule has 0 bridgehead atoms. The summed E-state index contributed by atoms with van der Waals surface area (Å²) in [5, 5.41) is 5.19. The lowest BCUT2D eigenvalue weighted by Crippen LogP contribution is -2.39. The minimum Gasteiger partial charge on any atom is -0.493 e. The fourth-order valence-electron chi connectivity index (χ4n) is 6.54. The summed E-state index contributed by atoms with van der Waals surface area (Å²) in [4.78, 5) is 6.25. The summed E-state index contributed by atoms with van der Waals surface area (Å²) >= 11 is 0. The third-order valence-corrected chi connectivity index (χ3v) is 8.71. The van der Waals surface area contributed by atoms with Gasteiger partial charge in [0.15, 0.2) is 11.5 Å². The highest BCUT2D eigenvalue weighted by Crippen LogP contribution is 2.39. The van der Waals surface area contributed by atoms with Crippen LogP contribution in [0.4, 0.5) is 0 Å². The molecule has 6 nitrogen and oxygen atoms in total. The predicted octanol–water partition coefficient (Wildman–Crippen LogP) is 6.39. The number of benzene rings is 2. The number of fused-ring (bicyclic) bond motifs is 1. The van der Waals surface area contributed by atoms with Crippen molar-refractivity contribution in [3.63, 3.8) is 0 Å². The lowest BCUT2D eigenvalue weighted by Gasteiger charge is -2.30. The van der Waals surface area contributed by atoms with Crippen molar-refractivity contribution in [3.8, 4) is 22.8 Å². The maximum atomic E-state index is 5.59. The first-order valence-electron chi connectivity index (χ1n) is 15.0. The van der Waals surface area contributed by atoms with Crippen LogP contribution in [-0.4, -0.2) is 69.5 Å². The van der Waals surface area contributed by atoms with Gasteiger partial charge < -0.3 is 24.5 Å². The van der Waals surface area contributed by atoms with E-state index in [4.69, 9.17) is 14.2 Å². The number of aromatic amines is 1. The van der Waals surface area contributed by atoms with Crippen LogP contribution in [-0.2, 0) is 11.2 Å². The van der Waals surface area contributed by atoms with Crippen LogP contribution in [0, 0.1) is 5.92 Å². The highest BCUT2D eigenvalue weighted by molar-refractivity contribution is 5.92. The fourth-order valence-corrected chi connectivity index (χ4v) is 6.54. The second-order valence-corrected chi connectivity index (χ2v) is 11.7. The molecule has 1 saturated heterocycles. The number of nitrogens with one attached hydrogen (secondary N) is 2. The second-order valence-electron chi connectivity index (χ2n) is 11.7. The minimum absolute atomic E-state index is 0.404. The first-order valence-corrected chi connectivity index (χ1v) is 15.0. The molecule has 0 unspecified atom stereocenters. The summed E-state index contributed by atoms with van der Waals surface area (Å²) < 4.78 is 16.5. The van der Waals surface area contributed by atoms with E-state index in [0.29, 0.717) is 12.0 Å². The Bertz CT molecular complexity index is 1210. The van der Waals surface area contributed by atoms with Gasteiger partial charge in [-0.1, -0.05) is 19.9 Å². The van der Waals surface area contributed by atoms with Crippen LogP contribution >= 0.6 is 0 Å². The van der Waals surface area contributed by atoms with E-state index in [2.05, 4.69) is 59.4 Å². The number of hydrogen-bond donors (Lipinski definition) is 2. The van der Waals surface area contributed by atoms with Crippen molar-refractivity contribution < 1.29 is 14.2 Å². The molecule has 0 radical (unpaired) electrons. The Balaban J connectivity index is 1.20. The van der Waals surface area contributed by atoms with Crippen LogP contribution < -0.4 is 14.8 Å². The average Bonchev–Trinajstić information content (AvgIpc) is 3.35. The van der Waals surface area contributed by atoms with Gasteiger partial charge in [0.2, 0.25) is 0 Å². The van der Waals surface area contributed by atoms with E-state index in [1.165, 1.54) is 72.8 Å². The Labute approximate surface area is 234 Å². The number of methoxy groups -OCH3 is 2. The van der Waals surface area contributed by atoms with Gasteiger partial charge >= 0.3 is 0 Å². The molecule has 39 heavy (non-hydrogen) atoms.